The Morgan fingerprint density at radius 2 is 1.57 bits per heavy atom. The molecule has 0 unspecified atom stereocenters. The molecule has 3 N–H and O–H groups in total. The predicted molar refractivity (Wildman–Crippen MR) is 98.5 cm³/mol. The van der Waals surface area contributed by atoms with E-state index in [0.29, 0.717) is 16.6 Å². The molecule has 0 aliphatic heterocycles. The predicted octanol–water partition coefficient (Wildman–Crippen LogP) is 3.75. The molecule has 2 aromatic rings. The van der Waals surface area contributed by atoms with Gasteiger partial charge in [-0.25, -0.2) is 0 Å². The number of hydrazine groups is 1. The van der Waals surface area contributed by atoms with Crippen molar-refractivity contribution in [1.82, 2.24) is 10.9 Å². The van der Waals surface area contributed by atoms with Gasteiger partial charge >= 0.3 is 0 Å². The first kappa shape index (κ1) is 17.0. The molecular weight excluding hydrogens is 306 g/mol. The van der Waals surface area contributed by atoms with Crippen LogP contribution in [0.4, 0.5) is 5.69 Å². The van der Waals surface area contributed by atoms with Gasteiger partial charge < -0.3 is 5.32 Å². The summed E-state index contributed by atoms with van der Waals surface area (Å²) < 4.78 is 0. The number of hydrogen-bond donors (Lipinski definition) is 3. The normalized spacial score (nSPS) is 10.3. The molecule has 0 saturated carbocycles. The van der Waals surface area contributed by atoms with Gasteiger partial charge in [0, 0.05) is 11.3 Å². The van der Waals surface area contributed by atoms with E-state index < -0.39 is 0 Å². The zero-order valence-electron chi connectivity index (χ0n) is 13.5. The maximum Gasteiger partial charge on any atom is 0.269 e. The number of benzene rings is 2. The zero-order chi connectivity index (χ0) is 16.8. The lowest BCUT2D eigenvalue weighted by Gasteiger charge is -2.12. The number of carbonyl (C=O) groups is 1. The smallest absolute Gasteiger partial charge is 0.269 e. The van der Waals surface area contributed by atoms with E-state index in [4.69, 9.17) is 12.2 Å². The van der Waals surface area contributed by atoms with E-state index in [-0.39, 0.29) is 5.91 Å². The lowest BCUT2D eigenvalue weighted by Crippen LogP contribution is -2.43. The highest BCUT2D eigenvalue weighted by Crippen LogP contribution is 2.16. The zero-order valence-corrected chi connectivity index (χ0v) is 14.3. The van der Waals surface area contributed by atoms with Gasteiger partial charge in [-0.3, -0.25) is 15.6 Å². The first-order valence-electron chi connectivity index (χ1n) is 7.49. The second-order valence-corrected chi connectivity index (χ2v) is 6.08. The van der Waals surface area contributed by atoms with Gasteiger partial charge in [0.25, 0.3) is 5.91 Å². The third kappa shape index (κ3) is 5.07. The van der Waals surface area contributed by atoms with Crippen LogP contribution >= 0.6 is 12.2 Å². The number of amides is 1. The van der Waals surface area contributed by atoms with Gasteiger partial charge in [-0.05, 0) is 54.9 Å². The number of hydrogen-bond acceptors (Lipinski definition) is 2. The lowest BCUT2D eigenvalue weighted by atomic mass is 10.0. The number of aryl methyl sites for hydroxylation is 1. The summed E-state index contributed by atoms with van der Waals surface area (Å²) in [6, 6.07) is 15.4. The number of carbonyl (C=O) groups excluding carboxylic acids is 1. The fourth-order valence-electron chi connectivity index (χ4n) is 2.00. The van der Waals surface area contributed by atoms with Crippen molar-refractivity contribution in [2.45, 2.75) is 26.7 Å². The molecule has 4 nitrogen and oxygen atoms in total. The van der Waals surface area contributed by atoms with E-state index in [2.05, 4.69) is 42.1 Å². The maximum atomic E-state index is 12.0. The van der Waals surface area contributed by atoms with Crippen molar-refractivity contribution in [2.24, 2.45) is 0 Å². The van der Waals surface area contributed by atoms with Crippen LogP contribution in [0.1, 0.15) is 41.3 Å². The minimum atomic E-state index is -0.232. The van der Waals surface area contributed by atoms with Crippen LogP contribution in [0.25, 0.3) is 0 Å². The first-order valence-corrected chi connectivity index (χ1v) is 7.90. The minimum Gasteiger partial charge on any atom is -0.331 e. The molecule has 23 heavy (non-hydrogen) atoms. The molecular formula is C18H21N3OS. The van der Waals surface area contributed by atoms with Crippen molar-refractivity contribution in [3.05, 3.63) is 65.2 Å². The topological polar surface area (TPSA) is 53.2 Å². The number of nitrogens with one attached hydrogen (secondary N) is 3. The average molecular weight is 327 g/mol. The molecule has 1 amide bonds. The Balaban J connectivity index is 1.85. The summed E-state index contributed by atoms with van der Waals surface area (Å²) in [6.45, 7) is 6.27. The molecule has 120 valence electrons. The molecule has 0 bridgehead atoms. The summed E-state index contributed by atoms with van der Waals surface area (Å²) in [7, 11) is 0. The first-order chi connectivity index (χ1) is 11.0. The van der Waals surface area contributed by atoms with E-state index >= 15 is 0 Å². The molecule has 5 heteroatoms. The van der Waals surface area contributed by atoms with Gasteiger partial charge in [-0.2, -0.15) is 0 Å². The summed E-state index contributed by atoms with van der Waals surface area (Å²) in [5.74, 6) is 0.257. The van der Waals surface area contributed by atoms with E-state index in [9.17, 15) is 4.79 Å². The van der Waals surface area contributed by atoms with Crippen LogP contribution in [0.2, 0.25) is 0 Å². The van der Waals surface area contributed by atoms with Crippen molar-refractivity contribution in [3.8, 4) is 0 Å². The van der Waals surface area contributed by atoms with Gasteiger partial charge in [-0.1, -0.05) is 43.7 Å². The highest BCUT2D eigenvalue weighted by molar-refractivity contribution is 7.80. The van der Waals surface area contributed by atoms with Crippen molar-refractivity contribution in [2.75, 3.05) is 5.32 Å². The molecule has 0 heterocycles. The fraction of sp³-hybridized carbons (Fsp3) is 0.222. The van der Waals surface area contributed by atoms with E-state index in [1.54, 1.807) is 12.1 Å². The summed E-state index contributed by atoms with van der Waals surface area (Å²) in [4.78, 5) is 12.0. The summed E-state index contributed by atoms with van der Waals surface area (Å²) in [6.07, 6.45) is 0. The third-order valence-corrected chi connectivity index (χ3v) is 3.64. The molecule has 0 fully saturated rings. The van der Waals surface area contributed by atoms with Crippen molar-refractivity contribution < 1.29 is 4.79 Å². The Kier molecular flexibility index (Phi) is 5.71. The Morgan fingerprint density at radius 1 is 0.957 bits per heavy atom. The molecule has 0 aromatic heterocycles. The van der Waals surface area contributed by atoms with Crippen LogP contribution in [0.15, 0.2) is 48.5 Å². The summed E-state index contributed by atoms with van der Waals surface area (Å²) in [5.41, 5.74) is 9.10. The molecule has 0 saturated heterocycles. The SMILES string of the molecule is Cc1ccc(C(=O)NNC(=S)Nc2ccc(C(C)C)cc2)cc1. The fourth-order valence-corrected chi connectivity index (χ4v) is 2.17. The van der Waals surface area contributed by atoms with Gasteiger partial charge in [0.1, 0.15) is 0 Å². The van der Waals surface area contributed by atoms with Crippen LogP contribution in [0.3, 0.4) is 0 Å². The molecule has 0 atom stereocenters. The van der Waals surface area contributed by atoms with Gasteiger partial charge in [0.05, 0.1) is 0 Å². The Bertz CT molecular complexity index is 678. The van der Waals surface area contributed by atoms with Crippen LogP contribution in [-0.2, 0) is 0 Å². The average Bonchev–Trinajstić information content (AvgIpc) is 2.54. The van der Waals surface area contributed by atoms with E-state index in [1.165, 1.54) is 5.56 Å². The lowest BCUT2D eigenvalue weighted by molar-refractivity contribution is 0.0944. The summed E-state index contributed by atoms with van der Waals surface area (Å²) in [5, 5.41) is 3.37. The Hall–Kier alpha value is -2.40. The third-order valence-electron chi connectivity index (χ3n) is 3.44. The molecule has 0 spiro atoms. The van der Waals surface area contributed by atoms with Crippen LogP contribution in [0, 0.1) is 6.92 Å². The van der Waals surface area contributed by atoms with E-state index in [1.807, 2.05) is 31.2 Å². The Labute approximate surface area is 142 Å². The highest BCUT2D eigenvalue weighted by atomic mass is 32.1. The minimum absolute atomic E-state index is 0.232. The van der Waals surface area contributed by atoms with E-state index in [0.717, 1.165) is 11.3 Å². The second-order valence-electron chi connectivity index (χ2n) is 5.68. The summed E-state index contributed by atoms with van der Waals surface area (Å²) >= 11 is 5.17. The van der Waals surface area contributed by atoms with Crippen molar-refractivity contribution in [3.63, 3.8) is 0 Å². The highest BCUT2D eigenvalue weighted by Gasteiger charge is 2.05. The van der Waals surface area contributed by atoms with Crippen LogP contribution in [-0.4, -0.2) is 11.0 Å². The largest absolute Gasteiger partial charge is 0.331 e. The molecule has 0 radical (unpaired) electrons. The molecule has 0 aliphatic rings. The van der Waals surface area contributed by atoms with Crippen molar-refractivity contribution >= 4 is 28.9 Å². The Morgan fingerprint density at radius 3 is 2.13 bits per heavy atom. The van der Waals surface area contributed by atoms with Crippen LogP contribution < -0.4 is 16.2 Å². The molecule has 0 aliphatic carbocycles. The van der Waals surface area contributed by atoms with Gasteiger partial charge in [0.2, 0.25) is 0 Å². The number of thiocarbonyl (C=S) groups is 1. The molecule has 2 aromatic carbocycles. The number of rotatable bonds is 3. The standard InChI is InChI=1S/C18H21N3OS/c1-12(2)14-8-10-16(11-9-14)19-18(23)21-20-17(22)15-6-4-13(3)5-7-15/h4-12H,1-3H3,(H,20,22)(H2,19,21,23). The second kappa shape index (κ2) is 7.74. The number of anilines is 1. The maximum absolute atomic E-state index is 12.0. The van der Waals surface area contributed by atoms with Gasteiger partial charge in [0.15, 0.2) is 5.11 Å². The van der Waals surface area contributed by atoms with Crippen molar-refractivity contribution in [1.29, 1.82) is 0 Å². The monoisotopic (exact) mass is 327 g/mol. The quantitative estimate of drug-likeness (QED) is 0.594. The van der Waals surface area contributed by atoms with Gasteiger partial charge in [-0.15, -0.1) is 0 Å². The van der Waals surface area contributed by atoms with Crippen LogP contribution in [0.5, 0.6) is 0 Å². The molecule has 2 rings (SSSR count).